The van der Waals surface area contributed by atoms with Crippen LogP contribution < -0.4 is 5.32 Å². The minimum absolute atomic E-state index is 0.0962. The van der Waals surface area contributed by atoms with Gasteiger partial charge in [0.05, 0.1) is 7.11 Å². The molecule has 1 amide bonds. The van der Waals surface area contributed by atoms with Crippen LogP contribution in [0.5, 0.6) is 0 Å². The molecule has 0 radical (unpaired) electrons. The number of nitrogens with one attached hydrogen (secondary N) is 1. The summed E-state index contributed by atoms with van der Waals surface area (Å²) in [7, 11) is 1.38. The van der Waals surface area contributed by atoms with Crippen molar-refractivity contribution in [3.05, 3.63) is 0 Å². The number of rotatable bonds is 3. The molecule has 2 aliphatic heterocycles. The lowest BCUT2D eigenvalue weighted by Gasteiger charge is -2.30. The summed E-state index contributed by atoms with van der Waals surface area (Å²) >= 11 is 0. The maximum absolute atomic E-state index is 11.8. The Labute approximate surface area is 101 Å². The standard InChI is InChI=1S/C12H20N2O3/c1-17-12(16)10-2-3-11(15)14(10)8-9-4-6-13-7-5-9/h9-10,13H,2-8H2,1H3/t10-/m0/s1. The lowest BCUT2D eigenvalue weighted by Crippen LogP contribution is -2.44. The number of methoxy groups -OCH3 is 1. The molecule has 5 nitrogen and oxygen atoms in total. The second kappa shape index (κ2) is 5.49. The maximum Gasteiger partial charge on any atom is 0.328 e. The Morgan fingerprint density at radius 3 is 2.76 bits per heavy atom. The molecular weight excluding hydrogens is 220 g/mol. The molecule has 0 aromatic heterocycles. The third-order valence-electron chi connectivity index (χ3n) is 3.72. The Morgan fingerprint density at radius 2 is 2.12 bits per heavy atom. The van der Waals surface area contributed by atoms with Crippen LogP contribution in [0.4, 0.5) is 0 Å². The highest BCUT2D eigenvalue weighted by Crippen LogP contribution is 2.23. The van der Waals surface area contributed by atoms with E-state index < -0.39 is 0 Å². The fourth-order valence-corrected chi connectivity index (χ4v) is 2.69. The van der Waals surface area contributed by atoms with Crippen molar-refractivity contribution in [2.75, 3.05) is 26.7 Å². The fourth-order valence-electron chi connectivity index (χ4n) is 2.69. The Morgan fingerprint density at radius 1 is 1.41 bits per heavy atom. The lowest BCUT2D eigenvalue weighted by atomic mass is 9.97. The first-order chi connectivity index (χ1) is 8.22. The molecule has 0 unspecified atom stereocenters. The summed E-state index contributed by atoms with van der Waals surface area (Å²) in [6.45, 7) is 2.73. The lowest BCUT2D eigenvalue weighted by molar-refractivity contribution is -0.149. The van der Waals surface area contributed by atoms with Crippen LogP contribution in [-0.2, 0) is 14.3 Å². The van der Waals surface area contributed by atoms with E-state index in [0.29, 0.717) is 25.3 Å². The van der Waals surface area contributed by atoms with Crippen LogP contribution in [0.1, 0.15) is 25.7 Å². The molecule has 2 saturated heterocycles. The summed E-state index contributed by atoms with van der Waals surface area (Å²) < 4.78 is 4.76. The zero-order valence-electron chi connectivity index (χ0n) is 10.3. The summed E-state index contributed by atoms with van der Waals surface area (Å²) in [6.07, 6.45) is 3.25. The van der Waals surface area contributed by atoms with Crippen molar-refractivity contribution in [2.45, 2.75) is 31.7 Å². The van der Waals surface area contributed by atoms with Gasteiger partial charge >= 0.3 is 5.97 Å². The third kappa shape index (κ3) is 2.77. The normalized spacial score (nSPS) is 26.3. The van der Waals surface area contributed by atoms with Gasteiger partial charge in [-0.25, -0.2) is 4.79 Å². The van der Waals surface area contributed by atoms with Gasteiger partial charge in [0.2, 0.25) is 5.91 Å². The molecule has 1 atom stereocenters. The second-order valence-electron chi connectivity index (χ2n) is 4.82. The van der Waals surface area contributed by atoms with Crippen molar-refractivity contribution in [2.24, 2.45) is 5.92 Å². The van der Waals surface area contributed by atoms with E-state index in [9.17, 15) is 9.59 Å². The SMILES string of the molecule is COC(=O)[C@@H]1CCC(=O)N1CC1CCNCC1. The van der Waals surface area contributed by atoms with Crippen molar-refractivity contribution in [1.29, 1.82) is 0 Å². The van der Waals surface area contributed by atoms with E-state index in [1.165, 1.54) is 7.11 Å². The Balaban J connectivity index is 1.95. The first-order valence-corrected chi connectivity index (χ1v) is 6.30. The van der Waals surface area contributed by atoms with Crippen molar-refractivity contribution < 1.29 is 14.3 Å². The molecule has 0 aromatic rings. The number of likely N-dealkylation sites (tertiary alicyclic amines) is 1. The number of carbonyl (C=O) groups excluding carboxylic acids is 2. The third-order valence-corrected chi connectivity index (χ3v) is 3.72. The summed E-state index contributed by atoms with van der Waals surface area (Å²) in [6, 6.07) is -0.345. The predicted molar refractivity (Wildman–Crippen MR) is 62.3 cm³/mol. The molecule has 0 spiro atoms. The largest absolute Gasteiger partial charge is 0.467 e. The molecule has 1 N–H and O–H groups in total. The molecule has 0 aliphatic carbocycles. The van der Waals surface area contributed by atoms with Crippen molar-refractivity contribution >= 4 is 11.9 Å². The predicted octanol–water partition coefficient (Wildman–Crippen LogP) is 0.150. The van der Waals surface area contributed by atoms with Gasteiger partial charge in [0.25, 0.3) is 0 Å². The highest BCUT2D eigenvalue weighted by atomic mass is 16.5. The van der Waals surface area contributed by atoms with Gasteiger partial charge in [-0.05, 0) is 38.3 Å². The summed E-state index contributed by atoms with van der Waals surface area (Å²) in [5, 5.41) is 3.30. The molecule has 5 heteroatoms. The van der Waals surface area contributed by atoms with E-state index in [4.69, 9.17) is 4.74 Å². The highest BCUT2D eigenvalue weighted by Gasteiger charge is 2.37. The van der Waals surface area contributed by atoms with Crippen LogP contribution in [0.15, 0.2) is 0 Å². The van der Waals surface area contributed by atoms with Gasteiger partial charge in [-0.2, -0.15) is 0 Å². The van der Waals surface area contributed by atoms with Gasteiger partial charge in [0.1, 0.15) is 6.04 Å². The average molecular weight is 240 g/mol. The smallest absolute Gasteiger partial charge is 0.328 e. The van der Waals surface area contributed by atoms with Crippen LogP contribution in [0, 0.1) is 5.92 Å². The Hall–Kier alpha value is -1.10. The van der Waals surface area contributed by atoms with E-state index in [0.717, 1.165) is 25.9 Å². The molecular formula is C12H20N2O3. The molecule has 2 aliphatic rings. The van der Waals surface area contributed by atoms with Gasteiger partial charge in [-0.3, -0.25) is 4.79 Å². The summed E-state index contributed by atoms with van der Waals surface area (Å²) in [5.74, 6) is 0.342. The monoisotopic (exact) mass is 240 g/mol. The van der Waals surface area contributed by atoms with Crippen LogP contribution in [-0.4, -0.2) is 49.6 Å². The maximum atomic E-state index is 11.8. The van der Waals surface area contributed by atoms with Gasteiger partial charge in [-0.1, -0.05) is 0 Å². The van der Waals surface area contributed by atoms with Gasteiger partial charge in [-0.15, -0.1) is 0 Å². The molecule has 0 aromatic carbocycles. The molecule has 2 fully saturated rings. The van der Waals surface area contributed by atoms with Crippen LogP contribution >= 0.6 is 0 Å². The van der Waals surface area contributed by atoms with Gasteiger partial charge in [0, 0.05) is 13.0 Å². The average Bonchev–Trinajstić information content (AvgIpc) is 2.72. The highest BCUT2D eigenvalue weighted by molar-refractivity contribution is 5.88. The van der Waals surface area contributed by atoms with Crippen molar-refractivity contribution in [1.82, 2.24) is 10.2 Å². The van der Waals surface area contributed by atoms with E-state index in [1.807, 2.05) is 0 Å². The first-order valence-electron chi connectivity index (χ1n) is 6.30. The van der Waals surface area contributed by atoms with Crippen LogP contribution in [0.3, 0.4) is 0 Å². The van der Waals surface area contributed by atoms with Gasteiger partial charge in [0.15, 0.2) is 0 Å². The molecule has 2 rings (SSSR count). The van der Waals surface area contributed by atoms with E-state index in [-0.39, 0.29) is 17.9 Å². The fraction of sp³-hybridized carbons (Fsp3) is 0.833. The molecule has 17 heavy (non-hydrogen) atoms. The number of amides is 1. The number of hydrogen-bond donors (Lipinski definition) is 1. The molecule has 96 valence electrons. The van der Waals surface area contributed by atoms with Crippen molar-refractivity contribution in [3.8, 4) is 0 Å². The number of esters is 1. The van der Waals surface area contributed by atoms with Gasteiger partial charge < -0.3 is 15.0 Å². The molecule has 0 bridgehead atoms. The van der Waals surface area contributed by atoms with E-state index in [2.05, 4.69) is 5.32 Å². The number of nitrogens with zero attached hydrogens (tertiary/aromatic N) is 1. The van der Waals surface area contributed by atoms with Crippen LogP contribution in [0.25, 0.3) is 0 Å². The quantitative estimate of drug-likeness (QED) is 0.713. The molecule has 2 heterocycles. The Bertz CT molecular complexity index is 300. The van der Waals surface area contributed by atoms with E-state index in [1.54, 1.807) is 4.90 Å². The number of piperidine rings is 1. The zero-order valence-corrected chi connectivity index (χ0v) is 10.3. The first kappa shape index (κ1) is 12.4. The van der Waals surface area contributed by atoms with Crippen molar-refractivity contribution in [3.63, 3.8) is 0 Å². The molecule has 0 saturated carbocycles. The minimum atomic E-state index is -0.345. The van der Waals surface area contributed by atoms with E-state index >= 15 is 0 Å². The minimum Gasteiger partial charge on any atom is -0.467 e. The summed E-state index contributed by atoms with van der Waals surface area (Å²) in [5.41, 5.74) is 0. The zero-order chi connectivity index (χ0) is 12.3. The number of ether oxygens (including phenoxy) is 1. The summed E-state index contributed by atoms with van der Waals surface area (Å²) in [4.78, 5) is 25.1. The van der Waals surface area contributed by atoms with Crippen LogP contribution in [0.2, 0.25) is 0 Å². The number of hydrogen-bond acceptors (Lipinski definition) is 4. The Kier molecular flexibility index (Phi) is 3.99. The number of carbonyl (C=O) groups is 2. The second-order valence-corrected chi connectivity index (χ2v) is 4.82. The topological polar surface area (TPSA) is 58.6 Å².